The Balaban J connectivity index is 2.68. The molecule has 0 saturated carbocycles. The molecule has 0 aromatic carbocycles. The molecule has 4 nitrogen and oxygen atoms in total. The van der Waals surface area contributed by atoms with Gasteiger partial charge >= 0.3 is 0 Å². The molecule has 0 aliphatic heterocycles. The van der Waals surface area contributed by atoms with Crippen molar-refractivity contribution in [3.63, 3.8) is 0 Å². The minimum absolute atomic E-state index is 0.416. The topological polar surface area (TPSA) is 39.9 Å². The predicted octanol–water partition coefficient (Wildman–Crippen LogP) is 2.10. The molecule has 0 bridgehead atoms. The standard InChI is InChI=1S/C11H15N3O/c1-7(2)8-5-6-9-10(12-8)11(15-4)13-14(9)3/h5-7H,1-4H3. The van der Waals surface area contributed by atoms with E-state index in [0.717, 1.165) is 16.7 Å². The molecular weight excluding hydrogens is 190 g/mol. The molecule has 0 saturated heterocycles. The molecule has 0 atom stereocenters. The Kier molecular flexibility index (Phi) is 2.34. The zero-order chi connectivity index (χ0) is 11.0. The van der Waals surface area contributed by atoms with Crippen LogP contribution in [0.5, 0.6) is 5.88 Å². The van der Waals surface area contributed by atoms with Gasteiger partial charge in [-0.15, -0.1) is 5.10 Å². The van der Waals surface area contributed by atoms with Gasteiger partial charge in [-0.25, -0.2) is 4.98 Å². The number of methoxy groups -OCH3 is 1. The minimum atomic E-state index is 0.416. The fourth-order valence-electron chi connectivity index (χ4n) is 1.58. The molecule has 0 aliphatic rings. The average Bonchev–Trinajstić information content (AvgIpc) is 2.55. The van der Waals surface area contributed by atoms with Gasteiger partial charge < -0.3 is 4.74 Å². The first kappa shape index (κ1) is 9.96. The number of pyridine rings is 1. The van der Waals surface area contributed by atoms with Crippen LogP contribution in [0.3, 0.4) is 0 Å². The van der Waals surface area contributed by atoms with Crippen molar-refractivity contribution < 1.29 is 4.74 Å². The predicted molar refractivity (Wildman–Crippen MR) is 59.2 cm³/mol. The Morgan fingerprint density at radius 1 is 1.33 bits per heavy atom. The molecule has 0 N–H and O–H groups in total. The number of fused-ring (bicyclic) bond motifs is 1. The maximum atomic E-state index is 5.19. The zero-order valence-electron chi connectivity index (χ0n) is 9.48. The van der Waals surface area contributed by atoms with Crippen LogP contribution in [0, 0.1) is 0 Å². The average molecular weight is 205 g/mol. The number of aromatic nitrogens is 3. The van der Waals surface area contributed by atoms with Crippen LogP contribution in [0.2, 0.25) is 0 Å². The van der Waals surface area contributed by atoms with E-state index in [0.29, 0.717) is 11.8 Å². The summed E-state index contributed by atoms with van der Waals surface area (Å²) in [6.45, 7) is 4.24. The monoisotopic (exact) mass is 205 g/mol. The number of hydrogen-bond donors (Lipinski definition) is 0. The second kappa shape index (κ2) is 3.53. The second-order valence-electron chi connectivity index (χ2n) is 3.89. The molecule has 2 heterocycles. The molecule has 2 rings (SSSR count). The molecule has 2 aromatic heterocycles. The highest BCUT2D eigenvalue weighted by Gasteiger charge is 2.11. The summed E-state index contributed by atoms with van der Waals surface area (Å²) in [5, 5.41) is 4.24. The van der Waals surface area contributed by atoms with Crippen molar-refractivity contribution >= 4 is 11.0 Å². The van der Waals surface area contributed by atoms with E-state index >= 15 is 0 Å². The van der Waals surface area contributed by atoms with Gasteiger partial charge in [-0.05, 0) is 18.1 Å². The third-order valence-corrected chi connectivity index (χ3v) is 2.47. The highest BCUT2D eigenvalue weighted by molar-refractivity contribution is 5.80. The van der Waals surface area contributed by atoms with Crippen molar-refractivity contribution in [1.82, 2.24) is 14.8 Å². The van der Waals surface area contributed by atoms with E-state index in [-0.39, 0.29) is 0 Å². The van der Waals surface area contributed by atoms with Gasteiger partial charge in [0.1, 0.15) is 0 Å². The van der Waals surface area contributed by atoms with Crippen LogP contribution in [0.4, 0.5) is 0 Å². The van der Waals surface area contributed by atoms with Crippen LogP contribution < -0.4 is 4.74 Å². The van der Waals surface area contributed by atoms with Crippen LogP contribution in [0.1, 0.15) is 25.5 Å². The molecule has 15 heavy (non-hydrogen) atoms. The van der Waals surface area contributed by atoms with Crippen LogP contribution in [0.25, 0.3) is 11.0 Å². The molecule has 0 aliphatic carbocycles. The van der Waals surface area contributed by atoms with Gasteiger partial charge in [-0.3, -0.25) is 4.68 Å². The van der Waals surface area contributed by atoms with E-state index in [4.69, 9.17) is 4.74 Å². The van der Waals surface area contributed by atoms with E-state index in [1.807, 2.05) is 19.2 Å². The molecular formula is C11H15N3O. The van der Waals surface area contributed by atoms with Crippen LogP contribution in [-0.2, 0) is 7.05 Å². The molecule has 0 fully saturated rings. The fourth-order valence-corrected chi connectivity index (χ4v) is 1.58. The third-order valence-electron chi connectivity index (χ3n) is 2.47. The number of ether oxygens (including phenoxy) is 1. The van der Waals surface area contributed by atoms with E-state index < -0.39 is 0 Å². The van der Waals surface area contributed by atoms with Crippen molar-refractivity contribution in [2.75, 3.05) is 7.11 Å². The number of rotatable bonds is 2. The molecule has 2 aromatic rings. The lowest BCUT2D eigenvalue weighted by atomic mass is 10.1. The Morgan fingerprint density at radius 2 is 2.07 bits per heavy atom. The van der Waals surface area contributed by atoms with E-state index in [1.165, 1.54) is 0 Å². The molecule has 4 heteroatoms. The summed E-state index contributed by atoms with van der Waals surface area (Å²) in [4.78, 5) is 4.56. The van der Waals surface area contributed by atoms with Crippen molar-refractivity contribution in [2.24, 2.45) is 7.05 Å². The third kappa shape index (κ3) is 1.56. The molecule has 0 radical (unpaired) electrons. The smallest absolute Gasteiger partial charge is 0.259 e. The Labute approximate surface area is 88.9 Å². The van der Waals surface area contributed by atoms with Gasteiger partial charge in [0.05, 0.1) is 12.6 Å². The van der Waals surface area contributed by atoms with Crippen molar-refractivity contribution in [2.45, 2.75) is 19.8 Å². The van der Waals surface area contributed by atoms with Crippen molar-refractivity contribution in [3.05, 3.63) is 17.8 Å². The van der Waals surface area contributed by atoms with E-state index in [9.17, 15) is 0 Å². The number of hydrogen-bond acceptors (Lipinski definition) is 3. The lowest BCUT2D eigenvalue weighted by Gasteiger charge is -2.03. The van der Waals surface area contributed by atoms with E-state index in [1.54, 1.807) is 11.8 Å². The van der Waals surface area contributed by atoms with Gasteiger partial charge in [-0.1, -0.05) is 13.8 Å². The van der Waals surface area contributed by atoms with Gasteiger partial charge in [0.15, 0.2) is 5.52 Å². The van der Waals surface area contributed by atoms with Crippen LogP contribution in [-0.4, -0.2) is 21.9 Å². The summed E-state index contributed by atoms with van der Waals surface area (Å²) in [5.74, 6) is 1.01. The Morgan fingerprint density at radius 3 is 2.67 bits per heavy atom. The maximum Gasteiger partial charge on any atom is 0.259 e. The summed E-state index contributed by atoms with van der Waals surface area (Å²) < 4.78 is 6.97. The molecule has 0 amide bonds. The van der Waals surface area contributed by atoms with Gasteiger partial charge in [-0.2, -0.15) is 0 Å². The second-order valence-corrected chi connectivity index (χ2v) is 3.89. The van der Waals surface area contributed by atoms with Gasteiger partial charge in [0, 0.05) is 12.7 Å². The van der Waals surface area contributed by atoms with Crippen LogP contribution >= 0.6 is 0 Å². The Hall–Kier alpha value is -1.58. The maximum absolute atomic E-state index is 5.19. The SMILES string of the molecule is COc1nn(C)c2ccc(C(C)C)nc12. The van der Waals surface area contributed by atoms with Crippen molar-refractivity contribution in [3.8, 4) is 5.88 Å². The minimum Gasteiger partial charge on any atom is -0.478 e. The van der Waals surface area contributed by atoms with Gasteiger partial charge in [0.2, 0.25) is 0 Å². The Bertz CT molecular complexity index is 488. The zero-order valence-corrected chi connectivity index (χ0v) is 9.48. The number of aryl methyl sites for hydroxylation is 1. The summed E-state index contributed by atoms with van der Waals surface area (Å²) >= 11 is 0. The first-order valence-corrected chi connectivity index (χ1v) is 5.01. The lowest BCUT2D eigenvalue weighted by molar-refractivity contribution is 0.395. The van der Waals surface area contributed by atoms with Gasteiger partial charge in [0.25, 0.3) is 5.88 Å². The highest BCUT2D eigenvalue weighted by Crippen LogP contribution is 2.24. The van der Waals surface area contributed by atoms with E-state index in [2.05, 4.69) is 23.9 Å². The van der Waals surface area contributed by atoms with Crippen LogP contribution in [0.15, 0.2) is 12.1 Å². The summed E-state index contributed by atoms with van der Waals surface area (Å²) in [6.07, 6.45) is 0. The van der Waals surface area contributed by atoms with Crippen molar-refractivity contribution in [1.29, 1.82) is 0 Å². The first-order valence-electron chi connectivity index (χ1n) is 5.01. The molecule has 0 spiro atoms. The summed E-state index contributed by atoms with van der Waals surface area (Å²) in [6, 6.07) is 4.07. The lowest BCUT2D eigenvalue weighted by Crippen LogP contribution is -1.93. The first-order chi connectivity index (χ1) is 7.13. The quantitative estimate of drug-likeness (QED) is 0.753. The number of nitrogens with zero attached hydrogens (tertiary/aromatic N) is 3. The fraction of sp³-hybridized carbons (Fsp3) is 0.455. The summed E-state index contributed by atoms with van der Waals surface area (Å²) in [7, 11) is 3.51. The molecule has 80 valence electrons. The molecule has 0 unspecified atom stereocenters. The summed E-state index contributed by atoms with van der Waals surface area (Å²) in [5.41, 5.74) is 2.90. The highest BCUT2D eigenvalue weighted by atomic mass is 16.5. The largest absolute Gasteiger partial charge is 0.478 e. The normalized spacial score (nSPS) is 11.3.